The van der Waals surface area contributed by atoms with E-state index in [2.05, 4.69) is 43.4 Å². The van der Waals surface area contributed by atoms with Crippen LogP contribution in [0.1, 0.15) is 18.9 Å². The predicted octanol–water partition coefficient (Wildman–Crippen LogP) is 2.45. The maximum atomic E-state index is 9.72. The summed E-state index contributed by atoms with van der Waals surface area (Å²) in [6.07, 6.45) is 0.842. The molecule has 2 nitrogen and oxygen atoms in total. The summed E-state index contributed by atoms with van der Waals surface area (Å²) in [6.45, 7) is 5.88. The molecule has 0 heterocycles. The van der Waals surface area contributed by atoms with Crippen molar-refractivity contribution in [2.45, 2.75) is 31.3 Å². The Morgan fingerprint density at radius 2 is 2.25 bits per heavy atom. The number of thioether (sulfide) groups is 1. The lowest BCUT2D eigenvalue weighted by Gasteiger charge is -2.11. The lowest BCUT2D eigenvalue weighted by molar-refractivity contribution is 0.196. The molecule has 0 spiro atoms. The van der Waals surface area contributed by atoms with Crippen LogP contribution in [0, 0.1) is 6.92 Å². The molecule has 0 aliphatic heterocycles. The zero-order valence-electron chi connectivity index (χ0n) is 10.1. The van der Waals surface area contributed by atoms with Crippen LogP contribution in [-0.4, -0.2) is 30.1 Å². The van der Waals surface area contributed by atoms with E-state index in [1.54, 1.807) is 11.8 Å². The van der Waals surface area contributed by atoms with Crippen molar-refractivity contribution in [3.05, 3.63) is 29.8 Å². The Balaban J connectivity index is 2.23. The van der Waals surface area contributed by atoms with Gasteiger partial charge in [-0.2, -0.15) is 0 Å². The van der Waals surface area contributed by atoms with Crippen LogP contribution in [0.2, 0.25) is 0 Å². The molecule has 0 amide bonds. The first kappa shape index (κ1) is 13.6. The Bertz CT molecular complexity index is 304. The molecule has 0 radical (unpaired) electrons. The Morgan fingerprint density at radius 3 is 2.94 bits per heavy atom. The van der Waals surface area contributed by atoms with Crippen LogP contribution in [0.15, 0.2) is 29.2 Å². The van der Waals surface area contributed by atoms with E-state index in [0.29, 0.717) is 6.54 Å². The molecular weight excluding hydrogens is 218 g/mol. The quantitative estimate of drug-likeness (QED) is 0.566. The van der Waals surface area contributed by atoms with E-state index in [4.69, 9.17) is 0 Å². The topological polar surface area (TPSA) is 32.3 Å². The van der Waals surface area contributed by atoms with Gasteiger partial charge >= 0.3 is 0 Å². The maximum Gasteiger partial charge on any atom is 0.0758 e. The highest BCUT2D eigenvalue weighted by Gasteiger charge is 2.04. The molecule has 0 aliphatic rings. The molecule has 1 aromatic carbocycles. The van der Waals surface area contributed by atoms with Gasteiger partial charge in [0.25, 0.3) is 0 Å². The second kappa shape index (κ2) is 7.71. The summed E-state index contributed by atoms with van der Waals surface area (Å²) < 4.78 is 0. The van der Waals surface area contributed by atoms with E-state index in [-0.39, 0.29) is 6.10 Å². The first-order valence-corrected chi connectivity index (χ1v) is 6.79. The summed E-state index contributed by atoms with van der Waals surface area (Å²) in [5.74, 6) is 0.750. The van der Waals surface area contributed by atoms with Crippen molar-refractivity contribution in [2.24, 2.45) is 0 Å². The summed E-state index contributed by atoms with van der Waals surface area (Å²) in [6, 6.07) is 8.38. The molecule has 0 fully saturated rings. The van der Waals surface area contributed by atoms with Crippen molar-refractivity contribution >= 4 is 11.8 Å². The van der Waals surface area contributed by atoms with Gasteiger partial charge in [0.05, 0.1) is 6.10 Å². The van der Waals surface area contributed by atoms with E-state index >= 15 is 0 Å². The van der Waals surface area contributed by atoms with Crippen molar-refractivity contribution < 1.29 is 5.11 Å². The third-order valence-corrected chi connectivity index (χ3v) is 3.38. The molecule has 1 rings (SSSR count). The number of aliphatic hydroxyl groups excluding tert-OH is 1. The minimum Gasteiger partial charge on any atom is -0.391 e. The van der Waals surface area contributed by atoms with Gasteiger partial charge in [0.15, 0.2) is 0 Å². The minimum atomic E-state index is -0.267. The highest BCUT2D eigenvalue weighted by Crippen LogP contribution is 2.19. The molecule has 0 aromatic heterocycles. The second-order valence-corrected chi connectivity index (χ2v) is 5.08. The smallest absolute Gasteiger partial charge is 0.0758 e. The fraction of sp³-hybridized carbons (Fsp3) is 0.538. The predicted molar refractivity (Wildman–Crippen MR) is 71.1 cm³/mol. The van der Waals surface area contributed by atoms with E-state index in [1.807, 2.05) is 0 Å². The SMILES string of the molecule is CCCNCC(O)CSc1cccc(C)c1. The Kier molecular flexibility index (Phi) is 6.53. The fourth-order valence-electron chi connectivity index (χ4n) is 1.40. The molecule has 3 heteroatoms. The summed E-state index contributed by atoms with van der Waals surface area (Å²) in [7, 11) is 0. The van der Waals surface area contributed by atoms with Gasteiger partial charge in [-0.05, 0) is 32.0 Å². The van der Waals surface area contributed by atoms with E-state index in [0.717, 1.165) is 18.7 Å². The largest absolute Gasteiger partial charge is 0.391 e. The number of benzene rings is 1. The molecule has 16 heavy (non-hydrogen) atoms. The lowest BCUT2D eigenvalue weighted by atomic mass is 10.2. The highest BCUT2D eigenvalue weighted by atomic mass is 32.2. The van der Waals surface area contributed by atoms with Gasteiger partial charge in [-0.3, -0.25) is 0 Å². The molecule has 1 aromatic rings. The molecule has 0 aliphatic carbocycles. The van der Waals surface area contributed by atoms with Gasteiger partial charge in [-0.25, -0.2) is 0 Å². The van der Waals surface area contributed by atoms with Crippen LogP contribution < -0.4 is 5.32 Å². The van der Waals surface area contributed by atoms with Crippen molar-refractivity contribution in [3.8, 4) is 0 Å². The van der Waals surface area contributed by atoms with E-state index < -0.39 is 0 Å². The second-order valence-electron chi connectivity index (χ2n) is 3.99. The number of aryl methyl sites for hydroxylation is 1. The summed E-state index contributed by atoms with van der Waals surface area (Å²) in [4.78, 5) is 1.23. The number of hydrogen-bond donors (Lipinski definition) is 2. The Labute approximate surface area is 102 Å². The van der Waals surface area contributed by atoms with Crippen LogP contribution in [0.25, 0.3) is 0 Å². The molecule has 0 bridgehead atoms. The third-order valence-electron chi connectivity index (χ3n) is 2.24. The van der Waals surface area contributed by atoms with Crippen LogP contribution in [-0.2, 0) is 0 Å². The summed E-state index contributed by atoms with van der Waals surface area (Å²) in [5.41, 5.74) is 1.27. The van der Waals surface area contributed by atoms with Crippen LogP contribution in [0.4, 0.5) is 0 Å². The minimum absolute atomic E-state index is 0.267. The number of aliphatic hydroxyl groups is 1. The molecule has 1 atom stereocenters. The Morgan fingerprint density at radius 1 is 1.44 bits per heavy atom. The van der Waals surface area contributed by atoms with Gasteiger partial charge < -0.3 is 10.4 Å². The summed E-state index contributed by atoms with van der Waals surface area (Å²) in [5, 5.41) is 12.9. The molecule has 0 saturated heterocycles. The zero-order valence-corrected chi connectivity index (χ0v) is 10.9. The number of nitrogens with one attached hydrogen (secondary N) is 1. The zero-order chi connectivity index (χ0) is 11.8. The van der Waals surface area contributed by atoms with Gasteiger partial charge in [0, 0.05) is 17.2 Å². The molecule has 1 unspecified atom stereocenters. The fourth-order valence-corrected chi connectivity index (χ4v) is 2.35. The van der Waals surface area contributed by atoms with Gasteiger partial charge in [0.1, 0.15) is 0 Å². The number of hydrogen-bond acceptors (Lipinski definition) is 3. The monoisotopic (exact) mass is 239 g/mol. The molecule has 90 valence electrons. The highest BCUT2D eigenvalue weighted by molar-refractivity contribution is 7.99. The van der Waals surface area contributed by atoms with Crippen LogP contribution in [0.5, 0.6) is 0 Å². The van der Waals surface area contributed by atoms with Crippen molar-refractivity contribution in [1.29, 1.82) is 0 Å². The average molecular weight is 239 g/mol. The van der Waals surface area contributed by atoms with Crippen molar-refractivity contribution in [1.82, 2.24) is 5.32 Å². The maximum absolute atomic E-state index is 9.72. The molecule has 2 N–H and O–H groups in total. The van der Waals surface area contributed by atoms with Crippen molar-refractivity contribution in [3.63, 3.8) is 0 Å². The van der Waals surface area contributed by atoms with Gasteiger partial charge in [0.2, 0.25) is 0 Å². The normalized spacial score (nSPS) is 12.7. The number of rotatable bonds is 7. The van der Waals surface area contributed by atoms with Gasteiger partial charge in [-0.15, -0.1) is 11.8 Å². The molecule has 0 saturated carbocycles. The Hall–Kier alpha value is -0.510. The van der Waals surface area contributed by atoms with Crippen LogP contribution >= 0.6 is 11.8 Å². The first-order chi connectivity index (χ1) is 7.72. The van der Waals surface area contributed by atoms with E-state index in [1.165, 1.54) is 10.5 Å². The summed E-state index contributed by atoms with van der Waals surface area (Å²) >= 11 is 1.71. The third kappa shape index (κ3) is 5.54. The van der Waals surface area contributed by atoms with Gasteiger partial charge in [-0.1, -0.05) is 24.6 Å². The van der Waals surface area contributed by atoms with Crippen LogP contribution in [0.3, 0.4) is 0 Å². The van der Waals surface area contributed by atoms with Crippen molar-refractivity contribution in [2.75, 3.05) is 18.8 Å². The lowest BCUT2D eigenvalue weighted by Crippen LogP contribution is -2.28. The molecular formula is C13H21NOS. The first-order valence-electron chi connectivity index (χ1n) is 5.80. The standard InChI is InChI=1S/C13H21NOS/c1-3-7-14-9-12(15)10-16-13-6-4-5-11(2)8-13/h4-6,8,12,14-15H,3,7,9-10H2,1-2H3. The van der Waals surface area contributed by atoms with E-state index in [9.17, 15) is 5.11 Å². The average Bonchev–Trinajstić information content (AvgIpc) is 2.27.